The van der Waals surface area contributed by atoms with E-state index in [2.05, 4.69) is 21.2 Å². The summed E-state index contributed by atoms with van der Waals surface area (Å²) in [7, 11) is 0. The zero-order valence-electron chi connectivity index (χ0n) is 14.0. The summed E-state index contributed by atoms with van der Waals surface area (Å²) in [5.41, 5.74) is 2.65. The first-order valence-electron chi connectivity index (χ1n) is 7.80. The number of amides is 2. The molecule has 0 saturated carbocycles. The molecule has 0 aromatic heterocycles. The van der Waals surface area contributed by atoms with Gasteiger partial charge in [-0.3, -0.25) is 9.59 Å². The third kappa shape index (κ3) is 4.68. The molecule has 0 heterocycles. The molecule has 4 nitrogen and oxygen atoms in total. The Morgan fingerprint density at radius 3 is 2.38 bits per heavy atom. The number of carbonyl (C=O) groups is 2. The molecule has 0 spiro atoms. The molecule has 1 N–H and O–H groups in total. The van der Waals surface area contributed by atoms with Gasteiger partial charge < -0.3 is 10.2 Å². The first kappa shape index (κ1) is 18.2. The zero-order valence-corrected chi connectivity index (χ0v) is 15.6. The highest BCUT2D eigenvalue weighted by Crippen LogP contribution is 2.20. The summed E-state index contributed by atoms with van der Waals surface area (Å²) in [6.07, 6.45) is 0. The molecule has 0 aliphatic carbocycles. The van der Waals surface area contributed by atoms with Crippen molar-refractivity contribution in [1.29, 1.82) is 0 Å². The third-order valence-corrected chi connectivity index (χ3v) is 4.56. The van der Waals surface area contributed by atoms with Crippen LogP contribution in [0.25, 0.3) is 0 Å². The third-order valence-electron chi connectivity index (χ3n) is 3.70. The highest BCUT2D eigenvalue weighted by atomic mass is 79.9. The van der Waals surface area contributed by atoms with Crippen molar-refractivity contribution in [3.63, 3.8) is 0 Å². The van der Waals surface area contributed by atoms with Gasteiger partial charge in [-0.05, 0) is 44.0 Å². The quantitative estimate of drug-likeness (QED) is 0.800. The molecule has 2 rings (SSSR count). The minimum absolute atomic E-state index is 0.0757. The number of aryl methyl sites for hydroxylation is 1. The van der Waals surface area contributed by atoms with Crippen LogP contribution in [0, 0.1) is 6.92 Å². The van der Waals surface area contributed by atoms with E-state index in [4.69, 9.17) is 0 Å². The molecule has 0 fully saturated rings. The van der Waals surface area contributed by atoms with Crippen LogP contribution in [0.1, 0.15) is 25.0 Å². The van der Waals surface area contributed by atoms with Crippen molar-refractivity contribution in [2.75, 3.05) is 5.32 Å². The molecule has 0 atom stereocenters. The van der Waals surface area contributed by atoms with Crippen LogP contribution in [-0.2, 0) is 16.1 Å². The molecule has 0 aliphatic rings. The lowest BCUT2D eigenvalue weighted by atomic mass is 10.2. The monoisotopic (exact) mass is 388 g/mol. The molecule has 2 aromatic carbocycles. The molecule has 5 heteroatoms. The van der Waals surface area contributed by atoms with E-state index in [1.165, 1.54) is 0 Å². The van der Waals surface area contributed by atoms with Crippen LogP contribution in [-0.4, -0.2) is 22.8 Å². The lowest BCUT2D eigenvalue weighted by molar-refractivity contribution is -0.144. The summed E-state index contributed by atoms with van der Waals surface area (Å²) in [6, 6.07) is 15.0. The van der Waals surface area contributed by atoms with Gasteiger partial charge in [0.2, 0.25) is 0 Å². The molecule has 126 valence electrons. The van der Waals surface area contributed by atoms with Gasteiger partial charge in [0.15, 0.2) is 0 Å². The van der Waals surface area contributed by atoms with E-state index in [9.17, 15) is 9.59 Å². The smallest absolute Gasteiger partial charge is 0.313 e. The highest BCUT2D eigenvalue weighted by Gasteiger charge is 2.24. The molecule has 0 bridgehead atoms. The normalized spacial score (nSPS) is 10.5. The minimum Gasteiger partial charge on any atom is -0.328 e. The average Bonchev–Trinajstić information content (AvgIpc) is 2.56. The summed E-state index contributed by atoms with van der Waals surface area (Å²) in [5.74, 6) is -1.17. The van der Waals surface area contributed by atoms with Gasteiger partial charge in [-0.2, -0.15) is 0 Å². The van der Waals surface area contributed by atoms with Crippen LogP contribution in [0.15, 0.2) is 53.0 Å². The Labute approximate surface area is 151 Å². The van der Waals surface area contributed by atoms with Crippen LogP contribution in [0.4, 0.5) is 5.69 Å². The van der Waals surface area contributed by atoms with E-state index < -0.39 is 11.8 Å². The number of benzene rings is 2. The van der Waals surface area contributed by atoms with Crippen molar-refractivity contribution in [2.24, 2.45) is 0 Å². The van der Waals surface area contributed by atoms with E-state index in [-0.39, 0.29) is 6.04 Å². The lowest BCUT2D eigenvalue weighted by Gasteiger charge is -2.26. The number of rotatable bonds is 4. The van der Waals surface area contributed by atoms with Gasteiger partial charge in [-0.25, -0.2) is 0 Å². The molecule has 0 aliphatic heterocycles. The topological polar surface area (TPSA) is 49.4 Å². The number of carbonyl (C=O) groups excluding carboxylic acids is 2. The molecule has 0 radical (unpaired) electrons. The zero-order chi connectivity index (χ0) is 17.7. The van der Waals surface area contributed by atoms with Gasteiger partial charge in [-0.15, -0.1) is 0 Å². The Hall–Kier alpha value is -2.14. The van der Waals surface area contributed by atoms with Crippen LogP contribution >= 0.6 is 15.9 Å². The van der Waals surface area contributed by atoms with E-state index in [0.717, 1.165) is 15.6 Å². The minimum atomic E-state index is -0.629. The van der Waals surface area contributed by atoms with E-state index >= 15 is 0 Å². The number of hydrogen-bond acceptors (Lipinski definition) is 2. The molecule has 24 heavy (non-hydrogen) atoms. The van der Waals surface area contributed by atoms with E-state index in [1.807, 2.05) is 57.2 Å². The number of halogens is 1. The first-order valence-corrected chi connectivity index (χ1v) is 8.60. The molecular formula is C19H21BrN2O2. The maximum Gasteiger partial charge on any atom is 0.313 e. The first-order chi connectivity index (χ1) is 11.4. The largest absolute Gasteiger partial charge is 0.328 e. The van der Waals surface area contributed by atoms with Crippen molar-refractivity contribution >= 4 is 33.4 Å². The molecular weight excluding hydrogens is 368 g/mol. The average molecular weight is 389 g/mol. The fourth-order valence-corrected chi connectivity index (χ4v) is 2.63. The summed E-state index contributed by atoms with van der Waals surface area (Å²) < 4.78 is 0.887. The SMILES string of the molecule is Cc1ccc(NC(=O)C(=O)N(Cc2ccccc2)C(C)C)cc1Br. The standard InChI is InChI=1S/C19H21BrN2O2/c1-13(2)22(12-15-7-5-4-6-8-15)19(24)18(23)21-16-10-9-14(3)17(20)11-16/h4-11,13H,12H2,1-3H3,(H,21,23). The van der Waals surface area contributed by atoms with Gasteiger partial charge in [0.25, 0.3) is 0 Å². The van der Waals surface area contributed by atoms with Crippen LogP contribution in [0.3, 0.4) is 0 Å². The Bertz CT molecular complexity index is 729. The second-order valence-electron chi connectivity index (χ2n) is 5.93. The summed E-state index contributed by atoms with van der Waals surface area (Å²) in [5, 5.41) is 2.67. The van der Waals surface area contributed by atoms with Gasteiger partial charge >= 0.3 is 11.8 Å². The van der Waals surface area contributed by atoms with E-state index in [1.54, 1.807) is 17.0 Å². The maximum absolute atomic E-state index is 12.5. The summed E-state index contributed by atoms with van der Waals surface area (Å²) >= 11 is 3.42. The summed E-state index contributed by atoms with van der Waals surface area (Å²) in [6.45, 7) is 6.16. The van der Waals surface area contributed by atoms with Crippen LogP contribution < -0.4 is 5.32 Å². The summed E-state index contributed by atoms with van der Waals surface area (Å²) in [4.78, 5) is 26.4. The van der Waals surface area contributed by atoms with Crippen molar-refractivity contribution < 1.29 is 9.59 Å². The highest BCUT2D eigenvalue weighted by molar-refractivity contribution is 9.10. The van der Waals surface area contributed by atoms with E-state index in [0.29, 0.717) is 12.2 Å². The van der Waals surface area contributed by atoms with Gasteiger partial charge in [0.1, 0.15) is 0 Å². The van der Waals surface area contributed by atoms with Crippen molar-refractivity contribution in [3.8, 4) is 0 Å². The second kappa shape index (κ2) is 8.11. The molecule has 2 amide bonds. The van der Waals surface area contributed by atoms with Crippen molar-refractivity contribution in [1.82, 2.24) is 4.90 Å². The number of anilines is 1. The predicted molar refractivity (Wildman–Crippen MR) is 99.6 cm³/mol. The Kier molecular flexibility index (Phi) is 6.15. The molecule has 0 unspecified atom stereocenters. The van der Waals surface area contributed by atoms with Gasteiger partial charge in [0.05, 0.1) is 0 Å². The maximum atomic E-state index is 12.5. The fraction of sp³-hybridized carbons (Fsp3) is 0.263. The van der Waals surface area contributed by atoms with Crippen LogP contribution in [0.2, 0.25) is 0 Å². The van der Waals surface area contributed by atoms with Crippen molar-refractivity contribution in [3.05, 3.63) is 64.1 Å². The molecule has 0 saturated heterocycles. The molecule has 2 aromatic rings. The Morgan fingerprint density at radius 1 is 1.12 bits per heavy atom. The Balaban J connectivity index is 2.10. The van der Waals surface area contributed by atoms with Gasteiger partial charge in [-0.1, -0.05) is 52.3 Å². The number of nitrogens with one attached hydrogen (secondary N) is 1. The Morgan fingerprint density at radius 2 is 1.79 bits per heavy atom. The lowest BCUT2D eigenvalue weighted by Crippen LogP contribution is -2.43. The predicted octanol–water partition coefficient (Wildman–Crippen LogP) is 4.13. The van der Waals surface area contributed by atoms with Crippen molar-refractivity contribution in [2.45, 2.75) is 33.4 Å². The number of hydrogen-bond donors (Lipinski definition) is 1. The second-order valence-corrected chi connectivity index (χ2v) is 6.78. The van der Waals surface area contributed by atoms with Crippen LogP contribution in [0.5, 0.6) is 0 Å². The fourth-order valence-electron chi connectivity index (χ4n) is 2.25. The number of nitrogens with zero attached hydrogens (tertiary/aromatic N) is 1. The van der Waals surface area contributed by atoms with Gasteiger partial charge in [0, 0.05) is 22.7 Å².